The second-order valence-electron chi connectivity index (χ2n) is 9.64. The molecule has 1 saturated heterocycles. The fourth-order valence-electron chi connectivity index (χ4n) is 4.89. The van der Waals surface area contributed by atoms with Crippen LogP contribution in [0.4, 0.5) is 10.9 Å². The molecule has 0 radical (unpaired) electrons. The van der Waals surface area contributed by atoms with Crippen molar-refractivity contribution >= 4 is 28.2 Å². The second kappa shape index (κ2) is 10.7. The van der Waals surface area contributed by atoms with E-state index in [1.54, 1.807) is 23.3 Å². The predicted molar refractivity (Wildman–Crippen MR) is 136 cm³/mol. The highest BCUT2D eigenvalue weighted by Crippen LogP contribution is 2.29. The van der Waals surface area contributed by atoms with Crippen LogP contribution in [0.5, 0.6) is 0 Å². The molecule has 0 spiro atoms. The number of aryl methyl sites for hydroxylation is 1. The molecule has 2 unspecified atom stereocenters. The summed E-state index contributed by atoms with van der Waals surface area (Å²) in [4.78, 5) is 23.7. The zero-order valence-electron chi connectivity index (χ0n) is 20.4. The molecular weight excluding hydrogens is 462 g/mol. The Morgan fingerprint density at radius 1 is 1.09 bits per heavy atom. The zero-order valence-corrected chi connectivity index (χ0v) is 21.2. The first-order valence-corrected chi connectivity index (χ1v) is 13.3. The van der Waals surface area contributed by atoms with Crippen LogP contribution in [0.1, 0.15) is 56.8 Å². The van der Waals surface area contributed by atoms with Crippen LogP contribution in [-0.4, -0.2) is 55.0 Å². The van der Waals surface area contributed by atoms with Gasteiger partial charge in [0.25, 0.3) is 0 Å². The molecule has 3 aromatic rings. The normalized spacial score (nSPS) is 21.1. The fraction of sp³-hybridized carbons (Fsp3) is 0.583. The van der Waals surface area contributed by atoms with Gasteiger partial charge in [0.1, 0.15) is 5.82 Å². The Morgan fingerprint density at radius 2 is 1.89 bits per heavy atom. The van der Waals surface area contributed by atoms with Crippen LogP contribution >= 0.6 is 11.3 Å². The Bertz CT molecular complexity index is 1120. The van der Waals surface area contributed by atoms with E-state index in [1.165, 1.54) is 30.6 Å². The molecule has 2 aliphatic rings. The molecule has 35 heavy (non-hydrogen) atoms. The lowest BCUT2D eigenvalue weighted by Gasteiger charge is -2.34. The van der Waals surface area contributed by atoms with Crippen molar-refractivity contribution in [1.29, 1.82) is 0 Å². The summed E-state index contributed by atoms with van der Waals surface area (Å²) in [6, 6.07) is 2.29. The van der Waals surface area contributed by atoms with E-state index in [9.17, 15) is 4.79 Å². The molecule has 10 nitrogen and oxygen atoms in total. The zero-order chi connectivity index (χ0) is 24.2. The number of amides is 1. The Hall–Kier alpha value is -3.08. The topological polar surface area (TPSA) is 114 Å². The lowest BCUT2D eigenvalue weighted by molar-refractivity contribution is -0.126. The van der Waals surface area contributed by atoms with Crippen molar-refractivity contribution in [2.24, 2.45) is 11.8 Å². The summed E-state index contributed by atoms with van der Waals surface area (Å²) in [5.41, 5.74) is 1.84. The average molecular weight is 496 g/mol. The van der Waals surface area contributed by atoms with Gasteiger partial charge in [0.05, 0.1) is 30.3 Å². The standard InChI is InChI=1S/C24H33N9OS/c1-16-5-3-4-6-20(16)29-22(34)18-8-11-32(12-9-18)23-30-31-24(35-23)33-19(7-10-28-33)14-27-21-15-25-17(2)13-26-21/h7,10,13,15-16,18,20H,3-6,8-9,11-12,14H2,1-2H3,(H,26,27)(H,29,34). The molecule has 0 bridgehead atoms. The number of hydrogen-bond acceptors (Lipinski definition) is 9. The highest BCUT2D eigenvalue weighted by molar-refractivity contribution is 7.17. The predicted octanol–water partition coefficient (Wildman–Crippen LogP) is 3.35. The average Bonchev–Trinajstić information content (AvgIpc) is 3.55. The summed E-state index contributed by atoms with van der Waals surface area (Å²) in [6.45, 7) is 6.34. The van der Waals surface area contributed by atoms with E-state index in [-0.39, 0.29) is 11.8 Å². The Balaban J connectivity index is 1.15. The van der Waals surface area contributed by atoms with Crippen LogP contribution in [-0.2, 0) is 11.3 Å². The van der Waals surface area contributed by atoms with Crippen LogP contribution in [0.15, 0.2) is 24.7 Å². The molecule has 1 aliphatic carbocycles. The number of carbonyl (C=O) groups is 1. The van der Waals surface area contributed by atoms with Gasteiger partial charge in [-0.25, -0.2) is 9.67 Å². The van der Waals surface area contributed by atoms with Crippen LogP contribution in [0, 0.1) is 18.8 Å². The number of carbonyl (C=O) groups excluding carboxylic acids is 1. The number of nitrogens with zero attached hydrogens (tertiary/aromatic N) is 7. The second-order valence-corrected chi connectivity index (χ2v) is 10.6. The maximum atomic E-state index is 12.9. The SMILES string of the molecule is Cc1cnc(NCc2ccnn2-c2nnc(N3CCC(C(=O)NC4CCCCC4C)CC3)s2)cn1. The molecule has 5 rings (SSSR count). The van der Waals surface area contributed by atoms with E-state index in [1.807, 2.05) is 13.0 Å². The van der Waals surface area contributed by atoms with Crippen LogP contribution < -0.4 is 15.5 Å². The summed E-state index contributed by atoms with van der Waals surface area (Å²) < 4.78 is 1.81. The van der Waals surface area contributed by atoms with Crippen molar-refractivity contribution in [3.8, 4) is 5.13 Å². The smallest absolute Gasteiger partial charge is 0.234 e. The largest absolute Gasteiger partial charge is 0.363 e. The van der Waals surface area contributed by atoms with Gasteiger partial charge in [-0.1, -0.05) is 31.1 Å². The van der Waals surface area contributed by atoms with Crippen molar-refractivity contribution in [1.82, 2.24) is 35.3 Å². The highest BCUT2D eigenvalue weighted by Gasteiger charge is 2.30. The van der Waals surface area contributed by atoms with E-state index in [0.717, 1.165) is 54.0 Å². The van der Waals surface area contributed by atoms with Crippen molar-refractivity contribution in [2.75, 3.05) is 23.3 Å². The van der Waals surface area contributed by atoms with Gasteiger partial charge in [-0.3, -0.25) is 9.78 Å². The molecular formula is C24H33N9OS. The number of aromatic nitrogens is 6. The van der Waals surface area contributed by atoms with Gasteiger partial charge in [-0.15, -0.1) is 10.2 Å². The molecule has 4 heterocycles. The molecule has 11 heteroatoms. The molecule has 0 aromatic carbocycles. The molecule has 1 amide bonds. The van der Waals surface area contributed by atoms with Gasteiger partial charge in [0, 0.05) is 31.2 Å². The third kappa shape index (κ3) is 5.61. The van der Waals surface area contributed by atoms with Gasteiger partial charge in [0.2, 0.25) is 16.2 Å². The molecule has 186 valence electrons. The van der Waals surface area contributed by atoms with Gasteiger partial charge in [0.15, 0.2) is 0 Å². The van der Waals surface area contributed by atoms with Gasteiger partial charge in [-0.2, -0.15) is 5.10 Å². The molecule has 2 atom stereocenters. The van der Waals surface area contributed by atoms with Crippen LogP contribution in [0.2, 0.25) is 0 Å². The Morgan fingerprint density at radius 3 is 2.66 bits per heavy atom. The number of nitrogens with one attached hydrogen (secondary N) is 2. The number of anilines is 2. The van der Waals surface area contributed by atoms with Crippen molar-refractivity contribution < 1.29 is 4.79 Å². The number of piperidine rings is 1. The summed E-state index contributed by atoms with van der Waals surface area (Å²) in [6.07, 6.45) is 11.7. The first-order valence-electron chi connectivity index (χ1n) is 12.5. The third-order valence-corrected chi connectivity index (χ3v) is 8.07. The van der Waals surface area contributed by atoms with Crippen molar-refractivity contribution in [2.45, 2.75) is 65.0 Å². The van der Waals surface area contributed by atoms with Gasteiger partial charge in [-0.05, 0) is 44.6 Å². The van der Waals surface area contributed by atoms with Crippen LogP contribution in [0.25, 0.3) is 5.13 Å². The van der Waals surface area contributed by atoms with Gasteiger partial charge >= 0.3 is 0 Å². The molecule has 2 fully saturated rings. The Labute approximate surface area is 209 Å². The molecule has 1 saturated carbocycles. The fourth-order valence-corrected chi connectivity index (χ4v) is 5.78. The molecule has 1 aliphatic heterocycles. The monoisotopic (exact) mass is 495 g/mol. The quantitative estimate of drug-likeness (QED) is 0.513. The van der Waals surface area contributed by atoms with E-state index in [2.05, 4.69) is 47.7 Å². The minimum absolute atomic E-state index is 0.0847. The van der Waals surface area contributed by atoms with Crippen molar-refractivity contribution in [3.63, 3.8) is 0 Å². The highest BCUT2D eigenvalue weighted by atomic mass is 32.1. The summed E-state index contributed by atoms with van der Waals surface area (Å²) in [5, 5.41) is 21.5. The number of hydrogen-bond donors (Lipinski definition) is 2. The summed E-state index contributed by atoms with van der Waals surface area (Å²) in [5.74, 6) is 1.61. The number of rotatable bonds is 7. The third-order valence-electron chi connectivity index (χ3n) is 7.11. The summed E-state index contributed by atoms with van der Waals surface area (Å²) >= 11 is 1.52. The molecule has 3 aromatic heterocycles. The first-order chi connectivity index (χ1) is 17.1. The van der Waals surface area contributed by atoms with E-state index in [4.69, 9.17) is 0 Å². The maximum Gasteiger partial charge on any atom is 0.234 e. The van der Waals surface area contributed by atoms with E-state index in [0.29, 0.717) is 24.3 Å². The first kappa shape index (κ1) is 23.7. The lowest BCUT2D eigenvalue weighted by atomic mass is 9.85. The minimum atomic E-state index is 0.0847. The van der Waals surface area contributed by atoms with E-state index >= 15 is 0 Å². The van der Waals surface area contributed by atoms with Crippen LogP contribution in [0.3, 0.4) is 0 Å². The summed E-state index contributed by atoms with van der Waals surface area (Å²) in [7, 11) is 0. The van der Waals surface area contributed by atoms with Crippen molar-refractivity contribution in [3.05, 3.63) is 36.0 Å². The van der Waals surface area contributed by atoms with Gasteiger partial charge < -0.3 is 15.5 Å². The minimum Gasteiger partial charge on any atom is -0.363 e. The van der Waals surface area contributed by atoms with E-state index < -0.39 is 0 Å². The lowest BCUT2D eigenvalue weighted by Crippen LogP contribution is -2.46. The maximum absolute atomic E-state index is 12.9. The molecule has 2 N–H and O–H groups in total. The Kier molecular flexibility index (Phi) is 7.21.